The van der Waals surface area contributed by atoms with Crippen molar-refractivity contribution >= 4 is 5.78 Å². The molecule has 1 heterocycles. The summed E-state index contributed by atoms with van der Waals surface area (Å²) in [5, 5.41) is 0. The normalized spacial score (nSPS) is 21.4. The van der Waals surface area contributed by atoms with Crippen LogP contribution in [0.3, 0.4) is 0 Å². The predicted molar refractivity (Wildman–Crippen MR) is 70.1 cm³/mol. The molecule has 104 valence electrons. The summed E-state index contributed by atoms with van der Waals surface area (Å²) in [6, 6.07) is 3.96. The van der Waals surface area contributed by atoms with Crippen LogP contribution in [0.1, 0.15) is 44.0 Å². The van der Waals surface area contributed by atoms with Gasteiger partial charge in [-0.15, -0.1) is 0 Å². The van der Waals surface area contributed by atoms with Gasteiger partial charge in [0.2, 0.25) is 0 Å². The standard InChI is InChI=1S/C15H19FO3/c1-10(17)13-5-4-11(16)8-14(13)18-9-12-6-7-15(2,3)19-12/h4-5,8,12H,6-7,9H2,1-3H3. The summed E-state index contributed by atoms with van der Waals surface area (Å²) in [6.45, 7) is 5.86. The quantitative estimate of drug-likeness (QED) is 0.784. The Morgan fingerprint density at radius 2 is 2.26 bits per heavy atom. The van der Waals surface area contributed by atoms with Crippen molar-refractivity contribution in [3.05, 3.63) is 29.6 Å². The van der Waals surface area contributed by atoms with Gasteiger partial charge < -0.3 is 9.47 Å². The summed E-state index contributed by atoms with van der Waals surface area (Å²) in [5.74, 6) is -0.254. The van der Waals surface area contributed by atoms with Gasteiger partial charge in [0, 0.05) is 6.07 Å². The van der Waals surface area contributed by atoms with E-state index in [0.29, 0.717) is 17.9 Å². The highest BCUT2D eigenvalue weighted by Crippen LogP contribution is 2.30. The molecule has 19 heavy (non-hydrogen) atoms. The number of carbonyl (C=O) groups excluding carboxylic acids is 1. The van der Waals surface area contributed by atoms with E-state index in [1.807, 2.05) is 13.8 Å². The van der Waals surface area contributed by atoms with E-state index in [0.717, 1.165) is 12.8 Å². The van der Waals surface area contributed by atoms with Gasteiger partial charge in [0.25, 0.3) is 0 Å². The van der Waals surface area contributed by atoms with Crippen LogP contribution in [0.25, 0.3) is 0 Å². The van der Waals surface area contributed by atoms with E-state index in [4.69, 9.17) is 9.47 Å². The minimum atomic E-state index is -0.410. The van der Waals surface area contributed by atoms with Gasteiger partial charge in [0.15, 0.2) is 5.78 Å². The third-order valence-corrected chi connectivity index (χ3v) is 3.30. The highest BCUT2D eigenvalue weighted by Gasteiger charge is 2.32. The van der Waals surface area contributed by atoms with E-state index < -0.39 is 5.82 Å². The number of benzene rings is 1. The molecule has 0 radical (unpaired) electrons. The minimum absolute atomic E-state index is 0.00178. The van der Waals surface area contributed by atoms with Crippen LogP contribution in [0.2, 0.25) is 0 Å². The first-order valence-corrected chi connectivity index (χ1v) is 6.48. The fourth-order valence-electron chi connectivity index (χ4n) is 2.28. The largest absolute Gasteiger partial charge is 0.490 e. The Kier molecular flexibility index (Phi) is 3.90. The highest BCUT2D eigenvalue weighted by molar-refractivity contribution is 5.96. The summed E-state index contributed by atoms with van der Waals surface area (Å²) < 4.78 is 24.6. The molecule has 2 rings (SSSR count). The average molecular weight is 266 g/mol. The van der Waals surface area contributed by atoms with Crippen LogP contribution in [-0.2, 0) is 4.74 Å². The molecule has 0 saturated carbocycles. The van der Waals surface area contributed by atoms with Crippen LogP contribution >= 0.6 is 0 Å². The zero-order valence-corrected chi connectivity index (χ0v) is 11.5. The molecule has 0 amide bonds. The number of ketones is 1. The zero-order valence-electron chi connectivity index (χ0n) is 11.5. The molecule has 1 aliphatic heterocycles. The minimum Gasteiger partial charge on any atom is -0.490 e. The lowest BCUT2D eigenvalue weighted by Crippen LogP contribution is -2.24. The molecule has 1 unspecified atom stereocenters. The Balaban J connectivity index is 2.03. The molecule has 1 aromatic carbocycles. The smallest absolute Gasteiger partial charge is 0.163 e. The third-order valence-electron chi connectivity index (χ3n) is 3.30. The van der Waals surface area contributed by atoms with Gasteiger partial charge in [0.05, 0.1) is 17.3 Å². The van der Waals surface area contributed by atoms with Gasteiger partial charge in [-0.25, -0.2) is 4.39 Å². The lowest BCUT2D eigenvalue weighted by molar-refractivity contribution is -0.0327. The van der Waals surface area contributed by atoms with Crippen molar-refractivity contribution in [2.24, 2.45) is 0 Å². The van der Waals surface area contributed by atoms with E-state index in [2.05, 4.69) is 0 Å². The lowest BCUT2D eigenvalue weighted by Gasteiger charge is -2.19. The number of carbonyl (C=O) groups is 1. The maximum Gasteiger partial charge on any atom is 0.163 e. The number of Topliss-reactive ketones (excluding diaryl/α,β-unsaturated/α-hetero) is 1. The summed E-state index contributed by atoms with van der Waals surface area (Å²) in [4.78, 5) is 11.4. The molecule has 4 heteroatoms. The predicted octanol–water partition coefficient (Wildman–Crippen LogP) is 3.36. The number of ether oxygens (including phenoxy) is 2. The van der Waals surface area contributed by atoms with Crippen molar-refractivity contribution in [1.82, 2.24) is 0 Å². The van der Waals surface area contributed by atoms with Gasteiger partial charge in [-0.1, -0.05) is 0 Å². The number of rotatable bonds is 4. The summed E-state index contributed by atoms with van der Waals surface area (Å²) in [6.07, 6.45) is 1.89. The van der Waals surface area contributed by atoms with Gasteiger partial charge >= 0.3 is 0 Å². The molecule has 3 nitrogen and oxygen atoms in total. The molecular weight excluding hydrogens is 247 g/mol. The number of hydrogen-bond donors (Lipinski definition) is 0. The first-order chi connectivity index (χ1) is 8.87. The summed E-state index contributed by atoms with van der Waals surface area (Å²) in [5.41, 5.74) is 0.276. The van der Waals surface area contributed by atoms with Gasteiger partial charge in [-0.2, -0.15) is 0 Å². The average Bonchev–Trinajstić information content (AvgIpc) is 2.66. The van der Waals surface area contributed by atoms with Crippen LogP contribution in [0.15, 0.2) is 18.2 Å². The summed E-state index contributed by atoms with van der Waals surface area (Å²) >= 11 is 0. The molecule has 1 saturated heterocycles. The molecule has 0 bridgehead atoms. The van der Waals surface area contributed by atoms with Crippen molar-refractivity contribution in [1.29, 1.82) is 0 Å². The molecule has 0 aromatic heterocycles. The molecule has 0 N–H and O–H groups in total. The number of halogens is 1. The Labute approximate surface area is 112 Å². The Bertz CT molecular complexity index is 482. The topological polar surface area (TPSA) is 35.5 Å². The molecular formula is C15H19FO3. The van der Waals surface area contributed by atoms with Crippen LogP contribution in [0, 0.1) is 5.82 Å². The van der Waals surface area contributed by atoms with Crippen molar-refractivity contribution in [2.75, 3.05) is 6.61 Å². The van der Waals surface area contributed by atoms with Gasteiger partial charge in [-0.3, -0.25) is 4.79 Å². The van der Waals surface area contributed by atoms with Crippen LogP contribution in [-0.4, -0.2) is 24.1 Å². The molecule has 1 atom stereocenters. The van der Waals surface area contributed by atoms with Crippen LogP contribution < -0.4 is 4.74 Å². The second kappa shape index (κ2) is 5.29. The Morgan fingerprint density at radius 3 is 2.84 bits per heavy atom. The molecule has 1 aromatic rings. The van der Waals surface area contributed by atoms with E-state index >= 15 is 0 Å². The maximum atomic E-state index is 13.2. The van der Waals surface area contributed by atoms with Crippen molar-refractivity contribution in [2.45, 2.75) is 45.3 Å². The Hall–Kier alpha value is -1.42. The van der Waals surface area contributed by atoms with E-state index in [1.165, 1.54) is 25.1 Å². The third kappa shape index (κ3) is 3.53. The van der Waals surface area contributed by atoms with E-state index in [1.54, 1.807) is 0 Å². The first kappa shape index (κ1) is 14.0. The van der Waals surface area contributed by atoms with Gasteiger partial charge in [-0.05, 0) is 45.7 Å². The van der Waals surface area contributed by atoms with E-state index in [-0.39, 0.29) is 17.5 Å². The lowest BCUT2D eigenvalue weighted by atomic mass is 10.1. The first-order valence-electron chi connectivity index (χ1n) is 6.48. The Morgan fingerprint density at radius 1 is 1.53 bits per heavy atom. The van der Waals surface area contributed by atoms with Crippen molar-refractivity contribution in [3.8, 4) is 5.75 Å². The van der Waals surface area contributed by atoms with Crippen LogP contribution in [0.4, 0.5) is 4.39 Å². The molecule has 1 aliphatic rings. The fraction of sp³-hybridized carbons (Fsp3) is 0.533. The monoisotopic (exact) mass is 266 g/mol. The van der Waals surface area contributed by atoms with Crippen molar-refractivity contribution in [3.63, 3.8) is 0 Å². The highest BCUT2D eigenvalue weighted by atomic mass is 19.1. The summed E-state index contributed by atoms with van der Waals surface area (Å²) in [7, 11) is 0. The molecule has 1 fully saturated rings. The second-order valence-electron chi connectivity index (χ2n) is 5.55. The fourth-order valence-corrected chi connectivity index (χ4v) is 2.28. The maximum absolute atomic E-state index is 13.2. The molecule has 0 spiro atoms. The zero-order chi connectivity index (χ0) is 14.0. The van der Waals surface area contributed by atoms with Crippen molar-refractivity contribution < 1.29 is 18.7 Å². The van der Waals surface area contributed by atoms with E-state index in [9.17, 15) is 9.18 Å². The van der Waals surface area contributed by atoms with Crippen LogP contribution in [0.5, 0.6) is 5.75 Å². The second-order valence-corrected chi connectivity index (χ2v) is 5.55. The SMILES string of the molecule is CC(=O)c1ccc(F)cc1OCC1CCC(C)(C)O1. The molecule has 0 aliphatic carbocycles. The van der Waals surface area contributed by atoms with Gasteiger partial charge in [0.1, 0.15) is 18.2 Å². The number of hydrogen-bond acceptors (Lipinski definition) is 3.